The Bertz CT molecular complexity index is 219. The Kier molecular flexibility index (Phi) is 4.46. The van der Waals surface area contributed by atoms with Crippen LogP contribution in [0.1, 0.15) is 33.6 Å². The Morgan fingerprint density at radius 1 is 1.40 bits per heavy atom. The lowest BCUT2D eigenvalue weighted by Crippen LogP contribution is -2.51. The van der Waals surface area contributed by atoms with E-state index in [0.717, 1.165) is 24.3 Å². The fraction of sp³-hybridized carbons (Fsp3) is 0.909. The van der Waals surface area contributed by atoms with Gasteiger partial charge in [-0.25, -0.2) is 0 Å². The van der Waals surface area contributed by atoms with Crippen molar-refractivity contribution in [3.63, 3.8) is 0 Å². The van der Waals surface area contributed by atoms with Gasteiger partial charge in [-0.05, 0) is 29.8 Å². The number of thioether (sulfide) groups is 1. The van der Waals surface area contributed by atoms with E-state index >= 15 is 0 Å². The smallest absolute Gasteiger partial charge is 0.237 e. The Morgan fingerprint density at radius 3 is 2.40 bits per heavy atom. The summed E-state index contributed by atoms with van der Waals surface area (Å²) >= 11 is 1.96. The van der Waals surface area contributed by atoms with Crippen molar-refractivity contribution in [1.29, 1.82) is 0 Å². The van der Waals surface area contributed by atoms with Crippen LogP contribution < -0.4 is 11.1 Å². The second-order valence-electron chi connectivity index (χ2n) is 5.24. The molecule has 15 heavy (non-hydrogen) atoms. The molecule has 4 heteroatoms. The van der Waals surface area contributed by atoms with Crippen molar-refractivity contribution in [2.24, 2.45) is 11.1 Å². The summed E-state index contributed by atoms with van der Waals surface area (Å²) in [6.07, 6.45) is 2.15. The van der Waals surface area contributed by atoms with Crippen molar-refractivity contribution < 1.29 is 4.79 Å². The lowest BCUT2D eigenvalue weighted by Gasteiger charge is -2.29. The van der Waals surface area contributed by atoms with Gasteiger partial charge in [-0.1, -0.05) is 20.8 Å². The van der Waals surface area contributed by atoms with Crippen LogP contribution in [0.15, 0.2) is 0 Å². The lowest BCUT2D eigenvalue weighted by atomic mass is 9.86. The third-order valence-electron chi connectivity index (χ3n) is 2.78. The number of rotatable bonds is 2. The molecular weight excluding hydrogens is 208 g/mol. The molecule has 1 heterocycles. The molecule has 0 radical (unpaired) electrons. The monoisotopic (exact) mass is 230 g/mol. The minimum Gasteiger partial charge on any atom is -0.352 e. The van der Waals surface area contributed by atoms with Crippen LogP contribution in [-0.2, 0) is 4.79 Å². The van der Waals surface area contributed by atoms with E-state index in [1.807, 2.05) is 32.5 Å². The number of carbonyl (C=O) groups is 1. The summed E-state index contributed by atoms with van der Waals surface area (Å²) in [4.78, 5) is 11.8. The number of hydrogen-bond acceptors (Lipinski definition) is 3. The first-order valence-corrected chi connectivity index (χ1v) is 6.70. The average molecular weight is 230 g/mol. The van der Waals surface area contributed by atoms with Gasteiger partial charge in [-0.3, -0.25) is 4.79 Å². The molecule has 0 unspecified atom stereocenters. The second kappa shape index (κ2) is 5.21. The Morgan fingerprint density at radius 2 is 1.93 bits per heavy atom. The van der Waals surface area contributed by atoms with E-state index in [2.05, 4.69) is 5.32 Å². The van der Waals surface area contributed by atoms with Gasteiger partial charge < -0.3 is 11.1 Å². The Hall–Kier alpha value is -0.220. The molecular formula is C11H22N2OS. The molecule has 0 aromatic heterocycles. The van der Waals surface area contributed by atoms with Crippen LogP contribution in [0.4, 0.5) is 0 Å². The maximum absolute atomic E-state index is 11.8. The van der Waals surface area contributed by atoms with E-state index in [-0.39, 0.29) is 11.3 Å². The van der Waals surface area contributed by atoms with Gasteiger partial charge in [-0.15, -0.1) is 0 Å². The zero-order valence-electron chi connectivity index (χ0n) is 9.88. The van der Waals surface area contributed by atoms with E-state index in [4.69, 9.17) is 5.73 Å². The van der Waals surface area contributed by atoms with Crippen LogP contribution in [-0.4, -0.2) is 29.5 Å². The van der Waals surface area contributed by atoms with Crippen molar-refractivity contribution in [2.75, 3.05) is 11.5 Å². The maximum Gasteiger partial charge on any atom is 0.237 e. The minimum atomic E-state index is -0.410. The first kappa shape index (κ1) is 12.8. The fourth-order valence-electron chi connectivity index (χ4n) is 1.53. The molecule has 3 N–H and O–H groups in total. The van der Waals surface area contributed by atoms with Gasteiger partial charge in [0.1, 0.15) is 0 Å². The van der Waals surface area contributed by atoms with E-state index < -0.39 is 6.04 Å². The normalized spacial score (nSPS) is 21.1. The van der Waals surface area contributed by atoms with Crippen molar-refractivity contribution in [3.8, 4) is 0 Å². The molecule has 88 valence electrons. The molecule has 1 saturated heterocycles. The second-order valence-corrected chi connectivity index (χ2v) is 6.46. The molecule has 1 fully saturated rings. The zero-order valence-corrected chi connectivity index (χ0v) is 10.7. The van der Waals surface area contributed by atoms with Crippen molar-refractivity contribution in [3.05, 3.63) is 0 Å². The number of amides is 1. The molecule has 0 spiro atoms. The predicted molar refractivity (Wildman–Crippen MR) is 65.9 cm³/mol. The van der Waals surface area contributed by atoms with Gasteiger partial charge in [-0.2, -0.15) is 11.8 Å². The molecule has 0 saturated carbocycles. The summed E-state index contributed by atoms with van der Waals surface area (Å²) in [5, 5.41) is 3.05. The van der Waals surface area contributed by atoms with Crippen molar-refractivity contribution in [2.45, 2.75) is 45.7 Å². The summed E-state index contributed by atoms with van der Waals surface area (Å²) in [6, 6.07) is -0.0702. The highest BCUT2D eigenvalue weighted by Gasteiger charge is 2.29. The third kappa shape index (κ3) is 4.03. The lowest BCUT2D eigenvalue weighted by molar-refractivity contribution is -0.125. The first-order chi connectivity index (χ1) is 6.91. The molecule has 1 amide bonds. The van der Waals surface area contributed by atoms with Crippen molar-refractivity contribution >= 4 is 17.7 Å². The van der Waals surface area contributed by atoms with Crippen LogP contribution in [0.5, 0.6) is 0 Å². The quantitative estimate of drug-likeness (QED) is 0.753. The first-order valence-electron chi connectivity index (χ1n) is 5.55. The number of nitrogens with two attached hydrogens (primary N) is 1. The third-order valence-corrected chi connectivity index (χ3v) is 3.83. The maximum atomic E-state index is 11.8. The molecule has 1 atom stereocenters. The van der Waals surface area contributed by atoms with Crippen molar-refractivity contribution in [1.82, 2.24) is 5.32 Å². The van der Waals surface area contributed by atoms with E-state index in [1.165, 1.54) is 0 Å². The van der Waals surface area contributed by atoms with E-state index in [9.17, 15) is 4.79 Å². The van der Waals surface area contributed by atoms with Crippen LogP contribution in [0.2, 0.25) is 0 Å². The predicted octanol–water partition coefficient (Wildman–Crippen LogP) is 1.37. The zero-order chi connectivity index (χ0) is 11.5. The highest BCUT2D eigenvalue weighted by Crippen LogP contribution is 2.20. The van der Waals surface area contributed by atoms with Gasteiger partial charge in [0, 0.05) is 6.04 Å². The number of carbonyl (C=O) groups excluding carboxylic acids is 1. The Balaban J connectivity index is 2.40. The summed E-state index contributed by atoms with van der Waals surface area (Å²) in [6.45, 7) is 5.98. The SMILES string of the molecule is CC(C)(C)[C@H](N)C(=O)NC1CCSCC1. The highest BCUT2D eigenvalue weighted by atomic mass is 32.2. The molecule has 1 aliphatic rings. The van der Waals surface area contributed by atoms with Gasteiger partial charge in [0.2, 0.25) is 5.91 Å². The topological polar surface area (TPSA) is 55.1 Å². The molecule has 0 aromatic rings. The van der Waals surface area contributed by atoms with E-state index in [1.54, 1.807) is 0 Å². The molecule has 0 aliphatic carbocycles. The molecule has 0 aromatic carbocycles. The summed E-state index contributed by atoms with van der Waals surface area (Å²) in [7, 11) is 0. The summed E-state index contributed by atoms with van der Waals surface area (Å²) in [5.74, 6) is 2.30. The minimum absolute atomic E-state index is 0.000556. The van der Waals surface area contributed by atoms with Crippen LogP contribution >= 0.6 is 11.8 Å². The van der Waals surface area contributed by atoms with Gasteiger partial charge >= 0.3 is 0 Å². The van der Waals surface area contributed by atoms with Gasteiger partial charge in [0.25, 0.3) is 0 Å². The molecule has 1 aliphatic heterocycles. The molecule has 0 bridgehead atoms. The summed E-state index contributed by atoms with van der Waals surface area (Å²) < 4.78 is 0. The van der Waals surface area contributed by atoms with Crippen LogP contribution in [0, 0.1) is 5.41 Å². The largest absolute Gasteiger partial charge is 0.352 e. The van der Waals surface area contributed by atoms with Crippen LogP contribution in [0.3, 0.4) is 0 Å². The highest BCUT2D eigenvalue weighted by molar-refractivity contribution is 7.99. The molecule has 1 rings (SSSR count). The van der Waals surface area contributed by atoms with E-state index in [0.29, 0.717) is 6.04 Å². The number of hydrogen-bond donors (Lipinski definition) is 2. The summed E-state index contributed by atoms with van der Waals surface area (Å²) in [5.41, 5.74) is 5.73. The fourth-order valence-corrected chi connectivity index (χ4v) is 2.63. The van der Waals surface area contributed by atoms with Crippen LogP contribution in [0.25, 0.3) is 0 Å². The molecule has 3 nitrogen and oxygen atoms in total. The average Bonchev–Trinajstić information content (AvgIpc) is 2.16. The van der Waals surface area contributed by atoms with Gasteiger partial charge in [0.05, 0.1) is 6.04 Å². The van der Waals surface area contributed by atoms with Gasteiger partial charge in [0.15, 0.2) is 0 Å². The standard InChI is InChI=1S/C11H22N2OS/c1-11(2,3)9(12)10(14)13-8-4-6-15-7-5-8/h8-9H,4-7,12H2,1-3H3,(H,13,14)/t9-/m1/s1. The Labute approximate surface area is 96.6 Å². The number of nitrogens with one attached hydrogen (secondary N) is 1.